The Kier molecular flexibility index (Phi) is 3.25. The number of rotatable bonds is 5. The van der Waals surface area contributed by atoms with Crippen LogP contribution in [0, 0.1) is 0 Å². The highest BCUT2D eigenvalue weighted by atomic mass is 15.6. The van der Waals surface area contributed by atoms with Crippen LogP contribution in [0.5, 0.6) is 0 Å². The molecule has 0 atom stereocenters. The summed E-state index contributed by atoms with van der Waals surface area (Å²) in [5.74, 6) is 0.690. The Balaban J connectivity index is 1.97. The van der Waals surface area contributed by atoms with Crippen LogP contribution in [0.25, 0.3) is 0 Å². The van der Waals surface area contributed by atoms with Crippen molar-refractivity contribution in [3.8, 4) is 0 Å². The number of aryl methyl sites for hydroxylation is 1. The lowest BCUT2D eigenvalue weighted by atomic mass is 10.4. The van der Waals surface area contributed by atoms with Crippen molar-refractivity contribution in [1.82, 2.24) is 35.1 Å². The molecule has 2 aromatic heterocycles. The molecule has 0 aliphatic carbocycles. The van der Waals surface area contributed by atoms with Crippen molar-refractivity contribution in [1.29, 1.82) is 0 Å². The molecule has 0 fully saturated rings. The third-order valence-electron chi connectivity index (χ3n) is 2.12. The van der Waals surface area contributed by atoms with Gasteiger partial charge in [-0.1, -0.05) is 6.92 Å². The molecule has 0 aromatic carbocycles. The Bertz CT molecular complexity index is 444. The zero-order valence-electron chi connectivity index (χ0n) is 9.46. The molecule has 0 bridgehead atoms. The van der Waals surface area contributed by atoms with Crippen molar-refractivity contribution in [3.63, 3.8) is 0 Å². The van der Waals surface area contributed by atoms with Crippen molar-refractivity contribution < 1.29 is 0 Å². The van der Waals surface area contributed by atoms with Crippen LogP contribution in [-0.2, 0) is 20.1 Å². The van der Waals surface area contributed by atoms with Gasteiger partial charge in [0.1, 0.15) is 0 Å². The minimum Gasteiger partial charge on any atom is -0.329 e. The van der Waals surface area contributed by atoms with Gasteiger partial charge in [0.05, 0.1) is 25.6 Å². The summed E-state index contributed by atoms with van der Waals surface area (Å²) >= 11 is 0. The molecule has 16 heavy (non-hydrogen) atoms. The number of imidazole rings is 1. The molecule has 86 valence electrons. The molecule has 2 heterocycles. The van der Waals surface area contributed by atoms with Gasteiger partial charge in [0.15, 0.2) is 5.82 Å². The molecule has 0 saturated heterocycles. The van der Waals surface area contributed by atoms with E-state index in [0.29, 0.717) is 12.4 Å². The fourth-order valence-corrected chi connectivity index (χ4v) is 1.39. The highest BCUT2D eigenvalue weighted by Gasteiger charge is 2.03. The number of aromatic nitrogens is 6. The summed E-state index contributed by atoms with van der Waals surface area (Å²) < 4.78 is 1.95. The first-order chi connectivity index (χ1) is 7.78. The van der Waals surface area contributed by atoms with Gasteiger partial charge in [-0.25, -0.2) is 4.98 Å². The Morgan fingerprint density at radius 2 is 2.31 bits per heavy atom. The first-order valence-electron chi connectivity index (χ1n) is 5.22. The molecular weight excluding hydrogens is 206 g/mol. The predicted octanol–water partition coefficient (Wildman–Crippen LogP) is -0.436. The average Bonchev–Trinajstić information content (AvgIpc) is 2.86. The van der Waals surface area contributed by atoms with Crippen LogP contribution < -0.4 is 5.32 Å². The molecule has 2 rings (SSSR count). The number of tetrazole rings is 1. The fourth-order valence-electron chi connectivity index (χ4n) is 1.39. The van der Waals surface area contributed by atoms with E-state index in [-0.39, 0.29) is 0 Å². The minimum atomic E-state index is 0.604. The normalized spacial score (nSPS) is 10.9. The SMILES string of the molecule is CCNCc1cn(Cc2nnn(C)n2)cn1. The molecule has 1 N–H and O–H groups in total. The molecular formula is C9H15N7. The second-order valence-corrected chi connectivity index (χ2v) is 3.51. The molecule has 0 amide bonds. The van der Waals surface area contributed by atoms with E-state index in [1.165, 1.54) is 4.80 Å². The van der Waals surface area contributed by atoms with E-state index in [2.05, 4.69) is 32.6 Å². The first-order valence-corrected chi connectivity index (χ1v) is 5.22. The lowest BCUT2D eigenvalue weighted by molar-refractivity contribution is 0.625. The Hall–Kier alpha value is -1.76. The fraction of sp³-hybridized carbons (Fsp3) is 0.556. The van der Waals surface area contributed by atoms with Crippen molar-refractivity contribution in [2.24, 2.45) is 7.05 Å². The standard InChI is InChI=1S/C9H15N7/c1-3-10-4-8-5-16(7-11-8)6-9-12-14-15(2)13-9/h5,7,10H,3-4,6H2,1-2H3. The summed E-state index contributed by atoms with van der Waals surface area (Å²) in [6.07, 6.45) is 3.77. The van der Waals surface area contributed by atoms with Gasteiger partial charge < -0.3 is 9.88 Å². The number of hydrogen-bond acceptors (Lipinski definition) is 5. The second kappa shape index (κ2) is 4.84. The minimum absolute atomic E-state index is 0.604. The zero-order chi connectivity index (χ0) is 11.4. The summed E-state index contributed by atoms with van der Waals surface area (Å²) in [7, 11) is 1.75. The maximum absolute atomic E-state index is 4.27. The molecule has 7 heteroatoms. The molecule has 7 nitrogen and oxygen atoms in total. The summed E-state index contributed by atoms with van der Waals surface area (Å²) in [6, 6.07) is 0. The Morgan fingerprint density at radius 3 is 3.00 bits per heavy atom. The van der Waals surface area contributed by atoms with E-state index >= 15 is 0 Å². The van der Waals surface area contributed by atoms with Crippen LogP contribution in [0.15, 0.2) is 12.5 Å². The van der Waals surface area contributed by atoms with Crippen molar-refractivity contribution in [2.45, 2.75) is 20.0 Å². The van der Waals surface area contributed by atoms with Gasteiger partial charge in [0.25, 0.3) is 0 Å². The van der Waals surface area contributed by atoms with Gasteiger partial charge in [-0.15, -0.1) is 10.2 Å². The van der Waals surface area contributed by atoms with Gasteiger partial charge in [0.2, 0.25) is 0 Å². The lowest BCUT2D eigenvalue weighted by Crippen LogP contribution is -2.11. The number of nitrogens with zero attached hydrogens (tertiary/aromatic N) is 6. The maximum atomic E-state index is 4.27. The quantitative estimate of drug-likeness (QED) is 0.741. The van der Waals surface area contributed by atoms with E-state index in [1.807, 2.05) is 10.8 Å². The zero-order valence-corrected chi connectivity index (χ0v) is 9.46. The Labute approximate surface area is 93.5 Å². The molecule has 0 aliphatic heterocycles. The van der Waals surface area contributed by atoms with Crippen molar-refractivity contribution >= 4 is 0 Å². The molecule has 0 unspecified atom stereocenters. The van der Waals surface area contributed by atoms with E-state index in [4.69, 9.17) is 0 Å². The highest BCUT2D eigenvalue weighted by Crippen LogP contribution is 1.98. The smallest absolute Gasteiger partial charge is 0.194 e. The lowest BCUT2D eigenvalue weighted by Gasteiger charge is -1.96. The Morgan fingerprint density at radius 1 is 1.44 bits per heavy atom. The van der Waals surface area contributed by atoms with Gasteiger partial charge in [0, 0.05) is 12.7 Å². The molecule has 0 saturated carbocycles. The largest absolute Gasteiger partial charge is 0.329 e. The summed E-state index contributed by atoms with van der Waals surface area (Å²) in [5, 5.41) is 15.0. The maximum Gasteiger partial charge on any atom is 0.194 e. The topological polar surface area (TPSA) is 73.5 Å². The van der Waals surface area contributed by atoms with Gasteiger partial charge >= 0.3 is 0 Å². The molecule has 0 spiro atoms. The number of nitrogens with one attached hydrogen (secondary N) is 1. The van der Waals surface area contributed by atoms with E-state index in [9.17, 15) is 0 Å². The monoisotopic (exact) mass is 221 g/mol. The van der Waals surface area contributed by atoms with Crippen LogP contribution in [0.1, 0.15) is 18.4 Å². The summed E-state index contributed by atoms with van der Waals surface area (Å²) in [5.41, 5.74) is 1.02. The highest BCUT2D eigenvalue weighted by molar-refractivity contribution is 4.97. The summed E-state index contributed by atoms with van der Waals surface area (Å²) in [4.78, 5) is 5.72. The van der Waals surface area contributed by atoms with Crippen LogP contribution in [0.3, 0.4) is 0 Å². The molecule has 2 aromatic rings. The van der Waals surface area contributed by atoms with Crippen LogP contribution in [-0.4, -0.2) is 36.3 Å². The van der Waals surface area contributed by atoms with E-state index < -0.39 is 0 Å². The van der Waals surface area contributed by atoms with Crippen molar-refractivity contribution in [3.05, 3.63) is 24.0 Å². The first kappa shape index (κ1) is 10.7. The van der Waals surface area contributed by atoms with Crippen LogP contribution in [0.4, 0.5) is 0 Å². The number of hydrogen-bond donors (Lipinski definition) is 1. The van der Waals surface area contributed by atoms with Crippen LogP contribution >= 0.6 is 0 Å². The van der Waals surface area contributed by atoms with E-state index in [0.717, 1.165) is 18.8 Å². The average molecular weight is 221 g/mol. The third-order valence-corrected chi connectivity index (χ3v) is 2.12. The second-order valence-electron chi connectivity index (χ2n) is 3.51. The molecule has 0 radical (unpaired) electrons. The predicted molar refractivity (Wildman–Crippen MR) is 57.5 cm³/mol. The van der Waals surface area contributed by atoms with Crippen molar-refractivity contribution in [2.75, 3.05) is 6.54 Å². The van der Waals surface area contributed by atoms with Gasteiger partial charge in [-0.3, -0.25) is 0 Å². The molecule has 0 aliphatic rings. The van der Waals surface area contributed by atoms with Crippen LogP contribution in [0.2, 0.25) is 0 Å². The van der Waals surface area contributed by atoms with Gasteiger partial charge in [-0.2, -0.15) is 4.80 Å². The third kappa shape index (κ3) is 2.63. The van der Waals surface area contributed by atoms with E-state index in [1.54, 1.807) is 13.4 Å². The van der Waals surface area contributed by atoms with Gasteiger partial charge in [-0.05, 0) is 11.8 Å². The summed E-state index contributed by atoms with van der Waals surface area (Å²) in [6.45, 7) is 4.41.